The minimum Gasteiger partial charge on any atom is -0.466 e. The van der Waals surface area contributed by atoms with Crippen LogP contribution in [-0.4, -0.2) is 26.2 Å². The molecular formula is C7H16N2O2. The largest absolute Gasteiger partial charge is 0.466 e. The van der Waals surface area contributed by atoms with Crippen LogP contribution in [0.2, 0.25) is 0 Å². The van der Waals surface area contributed by atoms with Gasteiger partial charge in [-0.25, -0.2) is 0 Å². The van der Waals surface area contributed by atoms with E-state index in [0.717, 1.165) is 0 Å². The molecule has 2 N–H and O–H groups in total. The lowest BCUT2D eigenvalue weighted by Gasteiger charge is -2.10. The van der Waals surface area contributed by atoms with Crippen molar-refractivity contribution in [1.82, 2.24) is 10.9 Å². The molecule has 0 radical (unpaired) electrons. The molecule has 0 saturated carbocycles. The van der Waals surface area contributed by atoms with Crippen molar-refractivity contribution >= 4 is 5.97 Å². The first-order chi connectivity index (χ1) is 5.22. The Labute approximate surface area is 67.3 Å². The normalized spacial score (nSPS) is 12.6. The van der Waals surface area contributed by atoms with Crippen molar-refractivity contribution in [3.05, 3.63) is 0 Å². The van der Waals surface area contributed by atoms with Gasteiger partial charge in [0.25, 0.3) is 0 Å². The van der Waals surface area contributed by atoms with Crippen molar-refractivity contribution in [2.75, 3.05) is 20.2 Å². The van der Waals surface area contributed by atoms with Crippen LogP contribution < -0.4 is 10.9 Å². The standard InChI is InChI=1S/C7H16N2O2/c1-4-11-7(10)6(2)5-9-8-3/h6,8-9H,4-5H2,1-3H3. The summed E-state index contributed by atoms with van der Waals surface area (Å²) in [6.07, 6.45) is 0. The summed E-state index contributed by atoms with van der Waals surface area (Å²) >= 11 is 0. The molecule has 0 aliphatic heterocycles. The van der Waals surface area contributed by atoms with Gasteiger partial charge in [0.15, 0.2) is 0 Å². The summed E-state index contributed by atoms with van der Waals surface area (Å²) in [5.41, 5.74) is 5.57. The van der Waals surface area contributed by atoms with Gasteiger partial charge in [-0.05, 0) is 14.0 Å². The van der Waals surface area contributed by atoms with Crippen molar-refractivity contribution < 1.29 is 9.53 Å². The van der Waals surface area contributed by atoms with Gasteiger partial charge in [0, 0.05) is 6.54 Å². The zero-order chi connectivity index (χ0) is 8.69. The summed E-state index contributed by atoms with van der Waals surface area (Å²) in [5, 5.41) is 0. The highest BCUT2D eigenvalue weighted by molar-refractivity contribution is 5.72. The Hall–Kier alpha value is -0.610. The molecule has 0 aliphatic carbocycles. The number of carbonyl (C=O) groups is 1. The lowest BCUT2D eigenvalue weighted by atomic mass is 10.2. The highest BCUT2D eigenvalue weighted by atomic mass is 16.5. The third kappa shape index (κ3) is 4.75. The fourth-order valence-corrected chi connectivity index (χ4v) is 0.623. The van der Waals surface area contributed by atoms with E-state index in [4.69, 9.17) is 4.74 Å². The second-order valence-corrected chi connectivity index (χ2v) is 2.28. The van der Waals surface area contributed by atoms with Crippen molar-refractivity contribution in [1.29, 1.82) is 0 Å². The molecule has 0 aromatic rings. The quantitative estimate of drug-likeness (QED) is 0.436. The number of hydrogen-bond acceptors (Lipinski definition) is 4. The van der Waals surface area contributed by atoms with Gasteiger partial charge in [-0.1, -0.05) is 6.92 Å². The summed E-state index contributed by atoms with van der Waals surface area (Å²) < 4.78 is 4.79. The summed E-state index contributed by atoms with van der Waals surface area (Å²) in [6, 6.07) is 0. The van der Waals surface area contributed by atoms with Crippen LogP contribution in [0, 0.1) is 5.92 Å². The van der Waals surface area contributed by atoms with Gasteiger partial charge < -0.3 is 4.74 Å². The molecule has 0 amide bonds. The second-order valence-electron chi connectivity index (χ2n) is 2.28. The molecule has 1 atom stereocenters. The van der Waals surface area contributed by atoms with E-state index in [1.54, 1.807) is 14.0 Å². The van der Waals surface area contributed by atoms with Gasteiger partial charge in [-0.15, -0.1) is 0 Å². The van der Waals surface area contributed by atoms with Crippen molar-refractivity contribution in [2.45, 2.75) is 13.8 Å². The van der Waals surface area contributed by atoms with E-state index < -0.39 is 0 Å². The summed E-state index contributed by atoms with van der Waals surface area (Å²) in [7, 11) is 1.76. The van der Waals surface area contributed by atoms with E-state index in [1.165, 1.54) is 0 Å². The Morgan fingerprint density at radius 2 is 2.27 bits per heavy atom. The molecule has 0 aliphatic rings. The van der Waals surface area contributed by atoms with E-state index in [2.05, 4.69) is 10.9 Å². The molecule has 0 fully saturated rings. The van der Waals surface area contributed by atoms with Crippen LogP contribution in [0.4, 0.5) is 0 Å². The van der Waals surface area contributed by atoms with Crippen LogP contribution in [0.25, 0.3) is 0 Å². The number of rotatable bonds is 5. The van der Waals surface area contributed by atoms with Gasteiger partial charge >= 0.3 is 5.97 Å². The second kappa shape index (κ2) is 6.12. The first-order valence-corrected chi connectivity index (χ1v) is 3.78. The van der Waals surface area contributed by atoms with Crippen LogP contribution in [-0.2, 0) is 9.53 Å². The zero-order valence-electron chi connectivity index (χ0n) is 7.31. The number of hydrazine groups is 1. The van der Waals surface area contributed by atoms with E-state index in [1.807, 2.05) is 6.92 Å². The fraction of sp³-hybridized carbons (Fsp3) is 0.857. The Balaban J connectivity index is 3.46. The highest BCUT2D eigenvalue weighted by Gasteiger charge is 2.12. The molecule has 0 bridgehead atoms. The molecule has 0 aromatic heterocycles. The van der Waals surface area contributed by atoms with Gasteiger partial charge in [-0.3, -0.25) is 15.6 Å². The first kappa shape index (κ1) is 10.4. The van der Waals surface area contributed by atoms with Gasteiger partial charge in [0.1, 0.15) is 0 Å². The molecule has 0 spiro atoms. The van der Waals surface area contributed by atoms with E-state index in [0.29, 0.717) is 13.2 Å². The molecule has 4 heteroatoms. The number of esters is 1. The van der Waals surface area contributed by atoms with Crippen molar-refractivity contribution in [3.63, 3.8) is 0 Å². The molecule has 4 nitrogen and oxygen atoms in total. The number of carbonyl (C=O) groups excluding carboxylic acids is 1. The van der Waals surface area contributed by atoms with Crippen LogP contribution >= 0.6 is 0 Å². The van der Waals surface area contributed by atoms with Crippen LogP contribution in [0.15, 0.2) is 0 Å². The minimum absolute atomic E-state index is 0.0950. The topological polar surface area (TPSA) is 50.4 Å². The minimum atomic E-state index is -0.157. The molecule has 0 heterocycles. The van der Waals surface area contributed by atoms with Crippen molar-refractivity contribution in [3.8, 4) is 0 Å². The highest BCUT2D eigenvalue weighted by Crippen LogP contribution is 1.95. The zero-order valence-corrected chi connectivity index (χ0v) is 7.31. The van der Waals surface area contributed by atoms with Crippen LogP contribution in [0.1, 0.15) is 13.8 Å². The predicted molar refractivity (Wildman–Crippen MR) is 42.9 cm³/mol. The number of nitrogens with one attached hydrogen (secondary N) is 2. The number of ether oxygens (including phenoxy) is 1. The third-order valence-corrected chi connectivity index (χ3v) is 1.27. The molecule has 66 valence electrons. The molecular weight excluding hydrogens is 144 g/mol. The number of hydrogen-bond donors (Lipinski definition) is 2. The van der Waals surface area contributed by atoms with Crippen LogP contribution in [0.5, 0.6) is 0 Å². The summed E-state index contributed by atoms with van der Waals surface area (Å²) in [6.45, 7) is 4.66. The average molecular weight is 160 g/mol. The molecule has 0 rings (SSSR count). The van der Waals surface area contributed by atoms with Gasteiger partial charge in [0.2, 0.25) is 0 Å². The van der Waals surface area contributed by atoms with Gasteiger partial charge in [-0.2, -0.15) is 0 Å². The molecule has 11 heavy (non-hydrogen) atoms. The lowest BCUT2D eigenvalue weighted by Crippen LogP contribution is -2.35. The molecule has 0 saturated heterocycles. The van der Waals surface area contributed by atoms with E-state index in [9.17, 15) is 4.79 Å². The Kier molecular flexibility index (Phi) is 5.78. The molecule has 0 aromatic carbocycles. The third-order valence-electron chi connectivity index (χ3n) is 1.27. The maximum Gasteiger partial charge on any atom is 0.309 e. The first-order valence-electron chi connectivity index (χ1n) is 3.78. The van der Waals surface area contributed by atoms with Crippen LogP contribution in [0.3, 0.4) is 0 Å². The predicted octanol–water partition coefficient (Wildman–Crippen LogP) is -0.0904. The smallest absolute Gasteiger partial charge is 0.309 e. The Morgan fingerprint density at radius 3 is 2.73 bits per heavy atom. The monoisotopic (exact) mass is 160 g/mol. The van der Waals surface area contributed by atoms with Gasteiger partial charge in [0.05, 0.1) is 12.5 Å². The summed E-state index contributed by atoms with van der Waals surface area (Å²) in [4.78, 5) is 11.0. The van der Waals surface area contributed by atoms with Crippen molar-refractivity contribution in [2.24, 2.45) is 5.92 Å². The lowest BCUT2D eigenvalue weighted by molar-refractivity contribution is -0.147. The fourth-order valence-electron chi connectivity index (χ4n) is 0.623. The Morgan fingerprint density at radius 1 is 1.64 bits per heavy atom. The molecule has 1 unspecified atom stereocenters. The summed E-state index contributed by atoms with van der Waals surface area (Å²) in [5.74, 6) is -0.252. The SMILES string of the molecule is CCOC(=O)C(C)CNNC. The van der Waals surface area contributed by atoms with E-state index in [-0.39, 0.29) is 11.9 Å². The van der Waals surface area contributed by atoms with E-state index >= 15 is 0 Å². The average Bonchev–Trinajstić information content (AvgIpc) is 2.00. The maximum atomic E-state index is 11.0. The maximum absolute atomic E-state index is 11.0. The Bertz CT molecular complexity index is 117.